The number of nitrogens with two attached hydrogens (primary N) is 2. The summed E-state index contributed by atoms with van der Waals surface area (Å²) in [7, 11) is 0. The van der Waals surface area contributed by atoms with Crippen LogP contribution in [-0.2, 0) is 16.1 Å². The monoisotopic (exact) mass is 375 g/mol. The van der Waals surface area contributed by atoms with Crippen molar-refractivity contribution in [2.24, 2.45) is 22.4 Å². The van der Waals surface area contributed by atoms with E-state index >= 15 is 0 Å². The van der Waals surface area contributed by atoms with Gasteiger partial charge in [0.05, 0.1) is 12.5 Å². The zero-order chi connectivity index (χ0) is 20.0. The van der Waals surface area contributed by atoms with Crippen molar-refractivity contribution in [3.63, 3.8) is 0 Å². The van der Waals surface area contributed by atoms with Crippen molar-refractivity contribution in [1.82, 2.24) is 10.2 Å². The fraction of sp³-hybridized carbons (Fsp3) is 0.444. The van der Waals surface area contributed by atoms with Gasteiger partial charge in [-0.1, -0.05) is 12.1 Å². The first-order chi connectivity index (χ1) is 12.8. The number of nitrogens with one attached hydrogen (secondary N) is 1. The maximum Gasteiger partial charge on any atom is 0.306 e. The molecule has 1 saturated heterocycles. The average Bonchev–Trinajstić information content (AvgIpc) is 2.66. The molecule has 9 heteroatoms. The molecular formula is C18H25N5O4. The smallest absolute Gasteiger partial charge is 0.306 e. The average molecular weight is 375 g/mol. The lowest BCUT2D eigenvalue weighted by Gasteiger charge is -2.32. The largest absolute Gasteiger partial charge is 0.481 e. The van der Waals surface area contributed by atoms with Crippen molar-refractivity contribution in [3.8, 4) is 0 Å². The lowest BCUT2D eigenvalue weighted by molar-refractivity contribution is -0.146. The van der Waals surface area contributed by atoms with E-state index in [0.29, 0.717) is 38.0 Å². The summed E-state index contributed by atoms with van der Waals surface area (Å²) in [6, 6.07) is 6.07. The fourth-order valence-electron chi connectivity index (χ4n) is 2.91. The topological polar surface area (TPSA) is 151 Å². The molecule has 0 spiro atoms. The number of piperidine rings is 1. The summed E-state index contributed by atoms with van der Waals surface area (Å²) in [4.78, 5) is 41.3. The first kappa shape index (κ1) is 20.2. The van der Waals surface area contributed by atoms with Crippen LogP contribution in [0.4, 0.5) is 0 Å². The SMILES string of the molecule is C[C@H](NC(=O)c1ccc(CN=C(N)N)cc1)C(=O)N1CCC(C(=O)O)CC1. The molecule has 2 amide bonds. The Labute approximate surface area is 157 Å². The van der Waals surface area contributed by atoms with E-state index in [1.54, 1.807) is 36.1 Å². The van der Waals surface area contributed by atoms with Gasteiger partial charge < -0.3 is 26.8 Å². The number of hydrogen-bond acceptors (Lipinski definition) is 4. The highest BCUT2D eigenvalue weighted by atomic mass is 16.4. The predicted molar refractivity (Wildman–Crippen MR) is 99.8 cm³/mol. The van der Waals surface area contributed by atoms with Gasteiger partial charge in [0.15, 0.2) is 5.96 Å². The van der Waals surface area contributed by atoms with E-state index < -0.39 is 17.9 Å². The first-order valence-electron chi connectivity index (χ1n) is 8.74. The van der Waals surface area contributed by atoms with E-state index in [2.05, 4.69) is 10.3 Å². The molecule has 27 heavy (non-hydrogen) atoms. The van der Waals surface area contributed by atoms with Crippen molar-refractivity contribution >= 4 is 23.7 Å². The lowest BCUT2D eigenvalue weighted by Crippen LogP contribution is -2.49. The van der Waals surface area contributed by atoms with Gasteiger partial charge in [0.2, 0.25) is 5.91 Å². The Hall–Kier alpha value is -3.10. The minimum Gasteiger partial charge on any atom is -0.481 e. The molecule has 0 unspecified atom stereocenters. The zero-order valence-corrected chi connectivity index (χ0v) is 15.2. The molecule has 6 N–H and O–H groups in total. The molecule has 146 valence electrons. The van der Waals surface area contributed by atoms with Gasteiger partial charge in [0.1, 0.15) is 6.04 Å². The van der Waals surface area contributed by atoms with Crippen LogP contribution in [0.15, 0.2) is 29.3 Å². The van der Waals surface area contributed by atoms with E-state index in [4.69, 9.17) is 16.6 Å². The van der Waals surface area contributed by atoms with Crippen LogP contribution in [0.3, 0.4) is 0 Å². The third-order valence-corrected chi connectivity index (χ3v) is 4.53. The third kappa shape index (κ3) is 5.70. The molecule has 2 rings (SSSR count). The maximum atomic E-state index is 12.5. The van der Waals surface area contributed by atoms with Crippen LogP contribution in [0, 0.1) is 5.92 Å². The van der Waals surface area contributed by atoms with Gasteiger partial charge in [0.25, 0.3) is 5.91 Å². The first-order valence-corrected chi connectivity index (χ1v) is 8.74. The zero-order valence-electron chi connectivity index (χ0n) is 15.2. The van der Waals surface area contributed by atoms with Crippen molar-refractivity contribution in [2.75, 3.05) is 13.1 Å². The number of guanidine groups is 1. The van der Waals surface area contributed by atoms with Gasteiger partial charge in [-0.15, -0.1) is 0 Å². The van der Waals surface area contributed by atoms with Crippen molar-refractivity contribution in [1.29, 1.82) is 0 Å². The van der Waals surface area contributed by atoms with Gasteiger partial charge in [-0.05, 0) is 37.5 Å². The second kappa shape index (κ2) is 9.02. The molecule has 0 saturated carbocycles. The number of carboxylic acid groups (broad SMARTS) is 1. The van der Waals surface area contributed by atoms with Crippen LogP contribution in [0.2, 0.25) is 0 Å². The number of hydrogen-bond donors (Lipinski definition) is 4. The molecule has 0 radical (unpaired) electrons. The van der Waals surface area contributed by atoms with Crippen LogP contribution in [0.25, 0.3) is 0 Å². The van der Waals surface area contributed by atoms with Gasteiger partial charge >= 0.3 is 5.97 Å². The highest BCUT2D eigenvalue weighted by Gasteiger charge is 2.29. The standard InChI is InChI=1S/C18H25N5O4/c1-11(16(25)23-8-6-14(7-9-23)17(26)27)22-15(24)13-4-2-12(3-5-13)10-21-18(19)20/h2-5,11,14H,6-10H2,1H3,(H,22,24)(H,26,27)(H4,19,20,21)/t11-/m0/s1. The second-order valence-electron chi connectivity index (χ2n) is 6.57. The number of carbonyl (C=O) groups is 3. The number of likely N-dealkylation sites (tertiary alicyclic amines) is 1. The Balaban J connectivity index is 1.88. The van der Waals surface area contributed by atoms with E-state index in [-0.39, 0.29) is 17.8 Å². The van der Waals surface area contributed by atoms with E-state index in [1.807, 2.05) is 0 Å². The summed E-state index contributed by atoms with van der Waals surface area (Å²) in [5.41, 5.74) is 11.8. The summed E-state index contributed by atoms with van der Waals surface area (Å²) >= 11 is 0. The third-order valence-electron chi connectivity index (χ3n) is 4.53. The van der Waals surface area contributed by atoms with Gasteiger partial charge in [-0.25, -0.2) is 4.99 Å². The molecule has 1 aliphatic heterocycles. The summed E-state index contributed by atoms with van der Waals surface area (Å²) < 4.78 is 0. The lowest BCUT2D eigenvalue weighted by atomic mass is 9.97. The highest BCUT2D eigenvalue weighted by molar-refractivity contribution is 5.97. The Morgan fingerprint density at radius 3 is 2.33 bits per heavy atom. The molecule has 1 aromatic rings. The molecular weight excluding hydrogens is 350 g/mol. The molecule has 0 bridgehead atoms. The maximum absolute atomic E-state index is 12.5. The van der Waals surface area contributed by atoms with E-state index in [1.165, 1.54) is 0 Å². The molecule has 1 atom stereocenters. The number of nitrogens with zero attached hydrogens (tertiary/aromatic N) is 2. The van der Waals surface area contributed by atoms with Crippen LogP contribution in [0.1, 0.15) is 35.7 Å². The Bertz CT molecular complexity index is 720. The van der Waals surface area contributed by atoms with Crippen LogP contribution >= 0.6 is 0 Å². The van der Waals surface area contributed by atoms with Crippen molar-refractivity contribution in [2.45, 2.75) is 32.4 Å². The quantitative estimate of drug-likeness (QED) is 0.403. The molecule has 9 nitrogen and oxygen atoms in total. The molecule has 1 aliphatic rings. The predicted octanol–water partition coefficient (Wildman–Crippen LogP) is -0.0985. The van der Waals surface area contributed by atoms with Crippen LogP contribution in [0.5, 0.6) is 0 Å². The van der Waals surface area contributed by atoms with E-state index in [0.717, 1.165) is 5.56 Å². The number of carbonyl (C=O) groups excluding carboxylic acids is 2. The molecule has 0 aromatic heterocycles. The molecule has 1 aromatic carbocycles. The van der Waals surface area contributed by atoms with Crippen LogP contribution < -0.4 is 16.8 Å². The van der Waals surface area contributed by atoms with Crippen LogP contribution in [-0.4, -0.2) is 52.9 Å². The number of rotatable bonds is 6. The Morgan fingerprint density at radius 2 is 1.81 bits per heavy atom. The minimum absolute atomic E-state index is 0.00320. The molecule has 1 fully saturated rings. The molecule has 0 aliphatic carbocycles. The number of benzene rings is 1. The van der Waals surface area contributed by atoms with Gasteiger partial charge in [-0.2, -0.15) is 0 Å². The Morgan fingerprint density at radius 1 is 1.22 bits per heavy atom. The van der Waals surface area contributed by atoms with Crippen molar-refractivity contribution < 1.29 is 19.5 Å². The summed E-state index contributed by atoms with van der Waals surface area (Å²) in [6.07, 6.45) is 0.859. The fourth-order valence-corrected chi connectivity index (χ4v) is 2.91. The number of aliphatic imine (C=N–C) groups is 1. The summed E-state index contributed by atoms with van der Waals surface area (Å²) in [5, 5.41) is 11.7. The van der Waals surface area contributed by atoms with Gasteiger partial charge in [0, 0.05) is 18.7 Å². The second-order valence-corrected chi connectivity index (χ2v) is 6.57. The number of amides is 2. The minimum atomic E-state index is -0.827. The summed E-state index contributed by atoms with van der Waals surface area (Å²) in [5.74, 6) is -1.80. The highest BCUT2D eigenvalue weighted by Crippen LogP contribution is 2.18. The normalized spacial score (nSPS) is 15.7. The Kier molecular flexibility index (Phi) is 6.75. The number of carboxylic acids is 1. The molecule has 1 heterocycles. The van der Waals surface area contributed by atoms with E-state index in [9.17, 15) is 14.4 Å². The number of aliphatic carboxylic acids is 1. The van der Waals surface area contributed by atoms with Crippen molar-refractivity contribution in [3.05, 3.63) is 35.4 Å². The summed E-state index contributed by atoms with van der Waals surface area (Å²) in [6.45, 7) is 2.72. The van der Waals surface area contributed by atoms with Gasteiger partial charge in [-0.3, -0.25) is 14.4 Å².